The fraction of sp³-hybridized carbons (Fsp3) is 0.600. The van der Waals surface area contributed by atoms with E-state index >= 15 is 0 Å². The molecule has 1 saturated heterocycles. The van der Waals surface area contributed by atoms with Gasteiger partial charge in [-0.2, -0.15) is 0 Å². The van der Waals surface area contributed by atoms with Gasteiger partial charge in [-0.15, -0.1) is 0 Å². The van der Waals surface area contributed by atoms with Crippen molar-refractivity contribution < 1.29 is 9.53 Å². The first-order chi connectivity index (χ1) is 9.09. The fourth-order valence-corrected chi connectivity index (χ4v) is 2.55. The lowest BCUT2D eigenvalue weighted by atomic mass is 9.99. The number of Topliss-reactive ketones (excluding diaryl/α,β-unsaturated/α-hetero) is 1. The molecule has 0 saturated carbocycles. The number of pyridine rings is 1. The van der Waals surface area contributed by atoms with E-state index in [1.165, 1.54) is 0 Å². The van der Waals surface area contributed by atoms with E-state index in [-0.39, 0.29) is 17.9 Å². The minimum atomic E-state index is -0.0573. The molecule has 1 aliphatic heterocycles. The van der Waals surface area contributed by atoms with Crippen LogP contribution in [0.1, 0.15) is 40.0 Å². The molecule has 0 aliphatic carbocycles. The van der Waals surface area contributed by atoms with Crippen LogP contribution in [0.25, 0.3) is 0 Å². The number of piperidine rings is 1. The smallest absolute Gasteiger partial charge is 0.172 e. The van der Waals surface area contributed by atoms with Gasteiger partial charge in [0.15, 0.2) is 17.4 Å². The molecule has 0 N–H and O–H groups in total. The molecule has 1 atom stereocenters. The van der Waals surface area contributed by atoms with Crippen LogP contribution in [0.4, 0.5) is 5.82 Å². The average Bonchev–Trinajstić information content (AvgIpc) is 2.38. The zero-order valence-corrected chi connectivity index (χ0v) is 11.9. The highest BCUT2D eigenvalue weighted by Crippen LogP contribution is 2.31. The summed E-state index contributed by atoms with van der Waals surface area (Å²) in [4.78, 5) is 18.3. The molecule has 104 valence electrons. The van der Waals surface area contributed by atoms with Crippen LogP contribution in [-0.4, -0.2) is 29.5 Å². The molecular weight excluding hydrogens is 240 g/mol. The summed E-state index contributed by atoms with van der Waals surface area (Å²) in [6.07, 6.45) is 4.97. The number of anilines is 1. The Labute approximate surface area is 114 Å². The number of carbonyl (C=O) groups is 1. The molecule has 4 heteroatoms. The van der Waals surface area contributed by atoms with Gasteiger partial charge in [0.05, 0.1) is 12.1 Å². The summed E-state index contributed by atoms with van der Waals surface area (Å²) in [5.74, 6) is 1.78. The van der Waals surface area contributed by atoms with E-state index in [1.54, 1.807) is 13.1 Å². The molecular formula is C15H22N2O2. The van der Waals surface area contributed by atoms with Crippen molar-refractivity contribution in [3.05, 3.63) is 18.3 Å². The molecule has 1 aromatic heterocycles. The van der Waals surface area contributed by atoms with Crippen LogP contribution in [0.5, 0.6) is 5.75 Å². The van der Waals surface area contributed by atoms with Gasteiger partial charge >= 0.3 is 0 Å². The largest absolute Gasteiger partial charge is 0.487 e. The Morgan fingerprint density at radius 1 is 1.47 bits per heavy atom. The van der Waals surface area contributed by atoms with Gasteiger partial charge in [0, 0.05) is 12.7 Å². The first kappa shape index (κ1) is 13.8. The second kappa shape index (κ2) is 6.04. The standard InChI is InChI=1S/C15H22N2O2/c1-11(2)19-14-8-6-9-16-15(14)17-10-5-4-7-13(17)12(3)18/h6,8-9,11,13H,4-5,7,10H2,1-3H3. The van der Waals surface area contributed by atoms with E-state index < -0.39 is 0 Å². The summed E-state index contributed by atoms with van der Waals surface area (Å²) in [6.45, 7) is 6.52. The first-order valence-electron chi connectivity index (χ1n) is 6.98. The van der Waals surface area contributed by atoms with Crippen molar-refractivity contribution in [3.63, 3.8) is 0 Å². The highest BCUT2D eigenvalue weighted by Gasteiger charge is 2.29. The molecule has 0 radical (unpaired) electrons. The number of nitrogens with zero attached hydrogens (tertiary/aromatic N) is 2. The number of ketones is 1. The predicted octanol–water partition coefficient (Wildman–Crippen LogP) is 2.82. The second-order valence-corrected chi connectivity index (χ2v) is 5.31. The number of aromatic nitrogens is 1. The third-order valence-corrected chi connectivity index (χ3v) is 3.36. The Morgan fingerprint density at radius 2 is 2.26 bits per heavy atom. The minimum absolute atomic E-state index is 0.0573. The Bertz CT molecular complexity index is 446. The van der Waals surface area contributed by atoms with Gasteiger partial charge in [0.25, 0.3) is 0 Å². The van der Waals surface area contributed by atoms with Crippen LogP contribution in [0.3, 0.4) is 0 Å². The summed E-state index contributed by atoms with van der Waals surface area (Å²) in [6, 6.07) is 3.74. The number of rotatable bonds is 4. The lowest BCUT2D eigenvalue weighted by molar-refractivity contribution is -0.118. The highest BCUT2D eigenvalue weighted by atomic mass is 16.5. The quantitative estimate of drug-likeness (QED) is 0.836. The Kier molecular flexibility index (Phi) is 4.40. The van der Waals surface area contributed by atoms with Crippen LogP contribution in [0, 0.1) is 0 Å². The zero-order valence-electron chi connectivity index (χ0n) is 11.9. The molecule has 0 bridgehead atoms. The fourth-order valence-electron chi connectivity index (χ4n) is 2.55. The summed E-state index contributed by atoms with van der Waals surface area (Å²) in [7, 11) is 0. The van der Waals surface area contributed by atoms with Gasteiger partial charge in [-0.05, 0) is 52.2 Å². The lowest BCUT2D eigenvalue weighted by Gasteiger charge is -2.36. The van der Waals surface area contributed by atoms with Gasteiger partial charge in [-0.3, -0.25) is 4.79 Å². The average molecular weight is 262 g/mol. The Hall–Kier alpha value is -1.58. The molecule has 1 aliphatic rings. The van der Waals surface area contributed by atoms with Crippen molar-refractivity contribution in [2.45, 2.75) is 52.2 Å². The van der Waals surface area contributed by atoms with Gasteiger partial charge in [-0.1, -0.05) is 0 Å². The van der Waals surface area contributed by atoms with Crippen LogP contribution >= 0.6 is 0 Å². The van der Waals surface area contributed by atoms with Gasteiger partial charge in [0.2, 0.25) is 0 Å². The zero-order chi connectivity index (χ0) is 13.8. The van der Waals surface area contributed by atoms with Crippen molar-refractivity contribution in [1.29, 1.82) is 0 Å². The van der Waals surface area contributed by atoms with E-state index in [9.17, 15) is 4.79 Å². The lowest BCUT2D eigenvalue weighted by Crippen LogP contribution is -2.44. The molecule has 1 fully saturated rings. The van der Waals surface area contributed by atoms with Crippen molar-refractivity contribution in [2.24, 2.45) is 0 Å². The molecule has 1 aromatic rings. The Morgan fingerprint density at radius 3 is 2.95 bits per heavy atom. The van der Waals surface area contributed by atoms with Crippen molar-refractivity contribution in [3.8, 4) is 5.75 Å². The minimum Gasteiger partial charge on any atom is -0.487 e. The van der Waals surface area contributed by atoms with Gasteiger partial charge in [-0.25, -0.2) is 4.98 Å². The third-order valence-electron chi connectivity index (χ3n) is 3.36. The maximum Gasteiger partial charge on any atom is 0.172 e. The van der Waals surface area contributed by atoms with E-state index in [0.717, 1.165) is 37.4 Å². The normalized spacial score (nSPS) is 19.6. The molecule has 0 aromatic carbocycles. The maximum atomic E-state index is 11.8. The van der Waals surface area contributed by atoms with E-state index in [2.05, 4.69) is 9.88 Å². The van der Waals surface area contributed by atoms with Crippen molar-refractivity contribution in [1.82, 2.24) is 4.98 Å². The van der Waals surface area contributed by atoms with Crippen LogP contribution in [-0.2, 0) is 4.79 Å². The van der Waals surface area contributed by atoms with E-state index in [1.807, 2.05) is 26.0 Å². The van der Waals surface area contributed by atoms with E-state index in [4.69, 9.17) is 4.74 Å². The topological polar surface area (TPSA) is 42.4 Å². The molecule has 2 heterocycles. The van der Waals surface area contributed by atoms with Crippen LogP contribution < -0.4 is 9.64 Å². The van der Waals surface area contributed by atoms with Gasteiger partial charge < -0.3 is 9.64 Å². The maximum absolute atomic E-state index is 11.8. The predicted molar refractivity (Wildman–Crippen MR) is 75.7 cm³/mol. The molecule has 19 heavy (non-hydrogen) atoms. The van der Waals surface area contributed by atoms with Gasteiger partial charge in [0.1, 0.15) is 0 Å². The first-order valence-corrected chi connectivity index (χ1v) is 6.98. The molecule has 2 rings (SSSR count). The summed E-state index contributed by atoms with van der Waals surface area (Å²) >= 11 is 0. The van der Waals surface area contributed by atoms with Crippen LogP contribution in [0.2, 0.25) is 0 Å². The summed E-state index contributed by atoms with van der Waals surface area (Å²) in [5, 5.41) is 0. The monoisotopic (exact) mass is 262 g/mol. The van der Waals surface area contributed by atoms with E-state index in [0.29, 0.717) is 0 Å². The number of carbonyl (C=O) groups excluding carboxylic acids is 1. The number of hydrogen-bond acceptors (Lipinski definition) is 4. The molecule has 0 amide bonds. The molecule has 4 nitrogen and oxygen atoms in total. The van der Waals surface area contributed by atoms with Crippen molar-refractivity contribution >= 4 is 11.6 Å². The Balaban J connectivity index is 2.30. The number of ether oxygens (including phenoxy) is 1. The van der Waals surface area contributed by atoms with Crippen molar-refractivity contribution in [2.75, 3.05) is 11.4 Å². The molecule has 1 unspecified atom stereocenters. The molecule has 0 spiro atoms. The highest BCUT2D eigenvalue weighted by molar-refractivity contribution is 5.85. The second-order valence-electron chi connectivity index (χ2n) is 5.31. The summed E-state index contributed by atoms with van der Waals surface area (Å²) < 4.78 is 5.81. The SMILES string of the molecule is CC(=O)C1CCCCN1c1ncccc1OC(C)C. The third kappa shape index (κ3) is 3.25. The van der Waals surface area contributed by atoms with Crippen LogP contribution in [0.15, 0.2) is 18.3 Å². The summed E-state index contributed by atoms with van der Waals surface area (Å²) in [5.41, 5.74) is 0. The number of hydrogen-bond donors (Lipinski definition) is 0.